The second-order valence-electron chi connectivity index (χ2n) is 6.49. The maximum absolute atomic E-state index is 12.5. The Morgan fingerprint density at radius 3 is 2.78 bits per heavy atom. The van der Waals surface area contributed by atoms with Crippen molar-refractivity contribution in [3.05, 3.63) is 49.4 Å². The van der Waals surface area contributed by atoms with Gasteiger partial charge in [0.05, 0.1) is 27.9 Å². The number of carbonyl (C=O) groups excluding carboxylic acids is 2. The Morgan fingerprint density at radius 2 is 2.09 bits per heavy atom. The second kappa shape index (κ2) is 11.0. The molecule has 8 nitrogen and oxygen atoms in total. The number of nitrogens with one attached hydrogen (secondary N) is 2. The Bertz CT molecular complexity index is 1070. The number of primary amides is 1. The molecule has 1 aliphatic heterocycles. The molecule has 1 unspecified atom stereocenters. The monoisotopic (exact) mass is 589 g/mol. The summed E-state index contributed by atoms with van der Waals surface area (Å²) in [6, 6.07) is 8.80. The summed E-state index contributed by atoms with van der Waals surface area (Å²) in [7, 11) is 1.56. The quantitative estimate of drug-likeness (QED) is 0.301. The average Bonchev–Trinajstić information content (AvgIpc) is 3.06. The van der Waals surface area contributed by atoms with Crippen LogP contribution in [-0.4, -0.2) is 37.6 Å². The van der Waals surface area contributed by atoms with Gasteiger partial charge in [-0.3, -0.25) is 9.59 Å². The van der Waals surface area contributed by atoms with Crippen molar-refractivity contribution in [3.8, 4) is 17.2 Å². The molecular weight excluding hydrogens is 569 g/mol. The summed E-state index contributed by atoms with van der Waals surface area (Å²) >= 11 is 9.50. The molecule has 0 aliphatic carbocycles. The summed E-state index contributed by atoms with van der Waals surface area (Å²) in [6.45, 7) is 2.00. The predicted octanol–water partition coefficient (Wildman–Crippen LogP) is 3.82. The molecule has 11 heteroatoms. The number of carbonyl (C=O) groups is 2. The van der Waals surface area contributed by atoms with E-state index in [9.17, 15) is 9.59 Å². The van der Waals surface area contributed by atoms with E-state index in [1.54, 1.807) is 37.5 Å². The van der Waals surface area contributed by atoms with Crippen molar-refractivity contribution >= 4 is 69.5 Å². The highest BCUT2D eigenvalue weighted by Gasteiger charge is 2.28. The van der Waals surface area contributed by atoms with Crippen LogP contribution in [-0.2, 0) is 9.59 Å². The highest BCUT2D eigenvalue weighted by Crippen LogP contribution is 2.37. The number of halogens is 2. The summed E-state index contributed by atoms with van der Waals surface area (Å²) in [6.07, 6.45) is 1.76. The van der Waals surface area contributed by atoms with Crippen molar-refractivity contribution in [2.45, 2.75) is 12.4 Å². The average molecular weight is 590 g/mol. The molecule has 170 valence electrons. The first kappa shape index (κ1) is 24.3. The third-order valence-corrected chi connectivity index (χ3v) is 6.23. The van der Waals surface area contributed by atoms with E-state index in [1.165, 1.54) is 11.8 Å². The van der Waals surface area contributed by atoms with Crippen molar-refractivity contribution in [2.24, 2.45) is 5.73 Å². The lowest BCUT2D eigenvalue weighted by Gasteiger charge is -2.16. The normalized spacial score (nSPS) is 16.6. The largest absolute Gasteiger partial charge is 0.495 e. The van der Waals surface area contributed by atoms with Gasteiger partial charge in [0.15, 0.2) is 23.6 Å². The van der Waals surface area contributed by atoms with Gasteiger partial charge in [-0.15, -0.1) is 0 Å². The van der Waals surface area contributed by atoms with E-state index in [1.807, 2.05) is 13.0 Å². The van der Waals surface area contributed by atoms with Gasteiger partial charge in [0.1, 0.15) is 5.75 Å². The molecule has 1 fully saturated rings. The third kappa shape index (κ3) is 6.14. The fourth-order valence-electron chi connectivity index (χ4n) is 2.87. The molecule has 3 rings (SSSR count). The fraction of sp³-hybridized carbons (Fsp3) is 0.238. The summed E-state index contributed by atoms with van der Waals surface area (Å²) < 4.78 is 17.2. The van der Waals surface area contributed by atoms with E-state index < -0.39 is 11.4 Å². The highest BCUT2D eigenvalue weighted by atomic mass is 127. The molecule has 4 N–H and O–H groups in total. The minimum atomic E-state index is -0.580. The molecule has 32 heavy (non-hydrogen) atoms. The van der Waals surface area contributed by atoms with Crippen LogP contribution in [0.2, 0.25) is 5.02 Å². The topological polar surface area (TPSA) is 112 Å². The predicted molar refractivity (Wildman–Crippen MR) is 134 cm³/mol. The zero-order valence-electron chi connectivity index (χ0n) is 17.2. The number of anilines is 1. The lowest BCUT2D eigenvalue weighted by Crippen LogP contribution is -2.31. The number of rotatable bonds is 9. The van der Waals surface area contributed by atoms with E-state index in [0.717, 1.165) is 9.13 Å². The summed E-state index contributed by atoms with van der Waals surface area (Å²) in [4.78, 5) is 24.1. The molecule has 2 aromatic rings. The maximum atomic E-state index is 12.5. The van der Waals surface area contributed by atoms with Crippen LogP contribution in [0.3, 0.4) is 0 Å². The Labute approximate surface area is 208 Å². The Morgan fingerprint density at radius 1 is 1.31 bits per heavy atom. The number of nitrogens with two attached hydrogens (primary N) is 1. The zero-order chi connectivity index (χ0) is 23.3. The number of amides is 2. The zero-order valence-corrected chi connectivity index (χ0v) is 21.0. The van der Waals surface area contributed by atoms with Gasteiger partial charge >= 0.3 is 0 Å². The van der Waals surface area contributed by atoms with E-state index in [0.29, 0.717) is 39.5 Å². The van der Waals surface area contributed by atoms with Crippen LogP contribution in [0.4, 0.5) is 5.69 Å². The molecule has 0 spiro atoms. The standard InChI is InChI=1S/C21H21ClIN3O5S/c1-3-30-16-7-11(6-13(23)19(16)31-10-18(24)27)8-17-20(28)26-21(32-17)25-14-9-12(22)4-5-15(14)29-2/h4-9,21,25H,3,10H2,1-2H3,(H2,24,27)(H,26,28)/b17-8-. The lowest BCUT2D eigenvalue weighted by atomic mass is 10.2. The first-order valence-corrected chi connectivity index (χ1v) is 11.8. The summed E-state index contributed by atoms with van der Waals surface area (Å²) in [5, 5.41) is 6.65. The van der Waals surface area contributed by atoms with Crippen molar-refractivity contribution < 1.29 is 23.8 Å². The molecule has 1 aliphatic rings. The molecule has 2 amide bonds. The van der Waals surface area contributed by atoms with Crippen LogP contribution in [0.1, 0.15) is 12.5 Å². The number of benzene rings is 2. The first-order valence-electron chi connectivity index (χ1n) is 9.47. The first-order chi connectivity index (χ1) is 15.3. The van der Waals surface area contributed by atoms with Crippen LogP contribution in [0.25, 0.3) is 6.08 Å². The number of hydrogen-bond acceptors (Lipinski definition) is 7. The minimum Gasteiger partial charge on any atom is -0.495 e. The molecular formula is C21H21ClIN3O5S. The molecule has 1 atom stereocenters. The number of methoxy groups -OCH3 is 1. The van der Waals surface area contributed by atoms with Gasteiger partial charge in [0.2, 0.25) is 0 Å². The molecule has 0 bridgehead atoms. The minimum absolute atomic E-state index is 0.212. The van der Waals surface area contributed by atoms with Gasteiger partial charge in [0.25, 0.3) is 11.8 Å². The van der Waals surface area contributed by atoms with Gasteiger partial charge in [-0.25, -0.2) is 0 Å². The summed E-state index contributed by atoms with van der Waals surface area (Å²) in [5.74, 6) is 0.724. The van der Waals surface area contributed by atoms with Crippen LogP contribution in [0.5, 0.6) is 17.2 Å². The van der Waals surface area contributed by atoms with Crippen LogP contribution in [0.15, 0.2) is 35.2 Å². The highest BCUT2D eigenvalue weighted by molar-refractivity contribution is 14.1. The van der Waals surface area contributed by atoms with Gasteiger partial charge < -0.3 is 30.6 Å². The Kier molecular flexibility index (Phi) is 8.38. The van der Waals surface area contributed by atoms with E-state index >= 15 is 0 Å². The van der Waals surface area contributed by atoms with E-state index in [4.69, 9.17) is 31.5 Å². The molecule has 0 aromatic heterocycles. The van der Waals surface area contributed by atoms with Gasteiger partial charge in [-0.1, -0.05) is 23.4 Å². The van der Waals surface area contributed by atoms with E-state index in [-0.39, 0.29) is 12.5 Å². The van der Waals surface area contributed by atoms with E-state index in [2.05, 4.69) is 33.2 Å². The van der Waals surface area contributed by atoms with Crippen molar-refractivity contribution in [2.75, 3.05) is 25.6 Å². The van der Waals surface area contributed by atoms with Crippen molar-refractivity contribution in [3.63, 3.8) is 0 Å². The fourth-order valence-corrected chi connectivity index (χ4v) is 4.80. The van der Waals surface area contributed by atoms with Crippen LogP contribution < -0.4 is 30.6 Å². The van der Waals surface area contributed by atoms with Gasteiger partial charge in [-0.05, 0) is 71.5 Å². The Balaban J connectivity index is 1.81. The number of ether oxygens (including phenoxy) is 3. The maximum Gasteiger partial charge on any atom is 0.260 e. The molecule has 1 heterocycles. The van der Waals surface area contributed by atoms with Gasteiger partial charge in [-0.2, -0.15) is 0 Å². The molecule has 1 saturated heterocycles. The van der Waals surface area contributed by atoms with Crippen LogP contribution in [0, 0.1) is 3.57 Å². The van der Waals surface area contributed by atoms with Gasteiger partial charge in [0, 0.05) is 5.02 Å². The molecule has 2 aromatic carbocycles. The number of thioether (sulfide) groups is 1. The van der Waals surface area contributed by atoms with Crippen molar-refractivity contribution in [1.82, 2.24) is 5.32 Å². The van der Waals surface area contributed by atoms with Crippen LogP contribution >= 0.6 is 46.0 Å². The second-order valence-corrected chi connectivity index (χ2v) is 9.23. The van der Waals surface area contributed by atoms with Crippen molar-refractivity contribution in [1.29, 1.82) is 0 Å². The third-order valence-electron chi connectivity index (χ3n) is 4.17. The molecule has 0 radical (unpaired) electrons. The Hall–Kier alpha value is -2.31. The molecule has 0 saturated carbocycles. The lowest BCUT2D eigenvalue weighted by molar-refractivity contribution is -0.120. The number of hydrogen-bond donors (Lipinski definition) is 3. The SMILES string of the molecule is CCOc1cc(/C=C2\SC(Nc3cc(Cl)ccc3OC)NC2=O)cc(I)c1OCC(N)=O. The smallest absolute Gasteiger partial charge is 0.260 e. The summed E-state index contributed by atoms with van der Waals surface area (Å²) in [5.41, 5.74) is 6.20.